The lowest BCUT2D eigenvalue weighted by atomic mass is 9.93. The van der Waals surface area contributed by atoms with Crippen molar-refractivity contribution in [2.45, 2.75) is 33.1 Å². The molecule has 1 aliphatic rings. The van der Waals surface area contributed by atoms with Crippen LogP contribution in [0.15, 0.2) is 33.8 Å². The molecular weight excluding hydrogens is 338 g/mol. The highest BCUT2D eigenvalue weighted by atomic mass is 16.6. The van der Waals surface area contributed by atoms with Gasteiger partial charge in [0.25, 0.3) is 5.69 Å². The van der Waals surface area contributed by atoms with E-state index in [1.165, 1.54) is 12.1 Å². The summed E-state index contributed by atoms with van der Waals surface area (Å²) in [7, 11) is 0. The van der Waals surface area contributed by atoms with Crippen molar-refractivity contribution in [3.8, 4) is 0 Å². The topological polar surface area (TPSA) is 107 Å². The zero-order valence-electron chi connectivity index (χ0n) is 14.6. The first kappa shape index (κ1) is 17.7. The number of fused-ring (bicyclic) bond motifs is 1. The molecule has 1 aromatic heterocycles. The van der Waals surface area contributed by atoms with Gasteiger partial charge in [-0.15, -0.1) is 0 Å². The number of rotatable bonds is 5. The Balaban J connectivity index is 1.85. The zero-order chi connectivity index (χ0) is 18.7. The van der Waals surface area contributed by atoms with Crippen LogP contribution in [-0.4, -0.2) is 23.2 Å². The van der Waals surface area contributed by atoms with E-state index in [2.05, 4.69) is 10.5 Å². The third-order valence-corrected chi connectivity index (χ3v) is 4.18. The predicted molar refractivity (Wildman–Crippen MR) is 95.6 cm³/mol. The number of carbonyl (C=O) groups is 1. The van der Waals surface area contributed by atoms with Gasteiger partial charge in [0.15, 0.2) is 0 Å². The summed E-state index contributed by atoms with van der Waals surface area (Å²) in [5.41, 5.74) is 5.94. The van der Waals surface area contributed by atoms with E-state index in [9.17, 15) is 14.9 Å². The highest BCUT2D eigenvalue weighted by Crippen LogP contribution is 2.30. The van der Waals surface area contributed by atoms with Crippen molar-refractivity contribution < 1.29 is 18.9 Å². The summed E-state index contributed by atoms with van der Waals surface area (Å²) in [6.45, 7) is 3.85. The van der Waals surface area contributed by atoms with E-state index in [0.717, 1.165) is 41.9 Å². The Bertz CT molecular complexity index is 868. The number of nitrogens with one attached hydrogen (secondary N) is 1. The molecular formula is C18H19N3O5. The maximum atomic E-state index is 12.0. The molecule has 1 heterocycles. The Kier molecular flexibility index (Phi) is 5.01. The molecule has 0 spiro atoms. The molecule has 0 radical (unpaired) electrons. The quantitative estimate of drug-likeness (QED) is 0.495. The monoisotopic (exact) mass is 357 g/mol. The van der Waals surface area contributed by atoms with Crippen molar-refractivity contribution in [1.29, 1.82) is 0 Å². The number of furan rings is 1. The summed E-state index contributed by atoms with van der Waals surface area (Å²) in [4.78, 5) is 22.3. The van der Waals surface area contributed by atoms with Crippen LogP contribution in [-0.2, 0) is 11.2 Å². The summed E-state index contributed by atoms with van der Waals surface area (Å²) in [5.74, 6) is 0.491. The molecule has 2 aromatic rings. The Labute approximate surface area is 150 Å². The van der Waals surface area contributed by atoms with Gasteiger partial charge in [-0.05, 0) is 38.8 Å². The number of benzene rings is 1. The van der Waals surface area contributed by atoms with Gasteiger partial charge >= 0.3 is 5.97 Å². The molecule has 0 amide bonds. The second-order valence-corrected chi connectivity index (χ2v) is 5.90. The average Bonchev–Trinajstić information content (AvgIpc) is 2.98. The number of hydrogen-bond donors (Lipinski definition) is 1. The SMILES string of the molecule is CCOC(=O)c1oc2c(c1C)/C(=N/Nc1ccc([N+](=O)[O-])cc1)CCC2. The zero-order valence-corrected chi connectivity index (χ0v) is 14.6. The van der Waals surface area contributed by atoms with Crippen molar-refractivity contribution in [1.82, 2.24) is 0 Å². The molecule has 8 heteroatoms. The van der Waals surface area contributed by atoms with Crippen LogP contribution in [0.4, 0.5) is 11.4 Å². The number of aryl methyl sites for hydroxylation is 1. The Morgan fingerprint density at radius 2 is 2.08 bits per heavy atom. The lowest BCUT2D eigenvalue weighted by molar-refractivity contribution is -0.384. The van der Waals surface area contributed by atoms with E-state index in [1.54, 1.807) is 19.1 Å². The fraction of sp³-hybridized carbons (Fsp3) is 0.333. The van der Waals surface area contributed by atoms with Gasteiger partial charge in [-0.25, -0.2) is 4.79 Å². The molecule has 0 bridgehead atoms. The molecule has 8 nitrogen and oxygen atoms in total. The molecule has 0 saturated heterocycles. The summed E-state index contributed by atoms with van der Waals surface area (Å²) in [6, 6.07) is 6.02. The smallest absolute Gasteiger partial charge is 0.374 e. The second kappa shape index (κ2) is 7.38. The number of ether oxygens (including phenoxy) is 1. The summed E-state index contributed by atoms with van der Waals surface area (Å²) >= 11 is 0. The number of hydrazone groups is 1. The minimum Gasteiger partial charge on any atom is -0.460 e. The van der Waals surface area contributed by atoms with E-state index in [1.807, 2.05) is 6.92 Å². The molecule has 0 aliphatic heterocycles. The Morgan fingerprint density at radius 3 is 2.73 bits per heavy atom. The van der Waals surface area contributed by atoms with E-state index in [4.69, 9.17) is 9.15 Å². The molecule has 0 atom stereocenters. The van der Waals surface area contributed by atoms with Gasteiger partial charge in [0, 0.05) is 29.7 Å². The summed E-state index contributed by atoms with van der Waals surface area (Å²) in [6.07, 6.45) is 2.35. The minimum absolute atomic E-state index is 0.0212. The number of carbonyl (C=O) groups excluding carboxylic acids is 1. The Hall–Kier alpha value is -3.16. The highest BCUT2D eigenvalue weighted by Gasteiger charge is 2.28. The maximum absolute atomic E-state index is 12.0. The average molecular weight is 357 g/mol. The summed E-state index contributed by atoms with van der Waals surface area (Å²) in [5, 5.41) is 15.1. The minimum atomic E-state index is -0.470. The number of non-ortho nitro benzene ring substituents is 1. The van der Waals surface area contributed by atoms with E-state index in [0.29, 0.717) is 5.69 Å². The number of nitro benzene ring substituents is 1. The normalized spacial score (nSPS) is 14.8. The number of nitrogens with zero attached hydrogens (tertiary/aromatic N) is 2. The van der Waals surface area contributed by atoms with Gasteiger partial charge in [0.2, 0.25) is 5.76 Å². The van der Waals surface area contributed by atoms with Gasteiger partial charge < -0.3 is 9.15 Å². The lowest BCUT2D eigenvalue weighted by Crippen LogP contribution is -2.13. The molecule has 1 aromatic carbocycles. The maximum Gasteiger partial charge on any atom is 0.374 e. The lowest BCUT2D eigenvalue weighted by Gasteiger charge is -2.13. The van der Waals surface area contributed by atoms with Crippen LogP contribution < -0.4 is 5.43 Å². The van der Waals surface area contributed by atoms with Gasteiger partial charge in [-0.3, -0.25) is 15.5 Å². The molecule has 1 aliphatic carbocycles. The Morgan fingerprint density at radius 1 is 1.35 bits per heavy atom. The van der Waals surface area contributed by atoms with Crippen LogP contribution in [0.2, 0.25) is 0 Å². The molecule has 0 fully saturated rings. The number of esters is 1. The highest BCUT2D eigenvalue weighted by molar-refractivity contribution is 6.06. The van der Waals surface area contributed by atoms with Crippen LogP contribution in [0.3, 0.4) is 0 Å². The first-order valence-electron chi connectivity index (χ1n) is 8.38. The van der Waals surface area contributed by atoms with Gasteiger partial charge in [0.05, 0.1) is 22.9 Å². The van der Waals surface area contributed by atoms with Crippen LogP contribution in [0.5, 0.6) is 0 Å². The molecule has 3 rings (SSSR count). The fourth-order valence-electron chi connectivity index (χ4n) is 2.96. The van der Waals surface area contributed by atoms with E-state index >= 15 is 0 Å². The number of hydrogen-bond acceptors (Lipinski definition) is 7. The first-order valence-corrected chi connectivity index (χ1v) is 8.38. The van der Waals surface area contributed by atoms with E-state index in [-0.39, 0.29) is 18.1 Å². The van der Waals surface area contributed by atoms with Crippen LogP contribution >= 0.6 is 0 Å². The fourth-order valence-corrected chi connectivity index (χ4v) is 2.96. The molecule has 136 valence electrons. The second-order valence-electron chi connectivity index (χ2n) is 5.90. The molecule has 0 unspecified atom stereocenters. The largest absolute Gasteiger partial charge is 0.460 e. The van der Waals surface area contributed by atoms with Gasteiger partial charge in [-0.1, -0.05) is 0 Å². The summed E-state index contributed by atoms with van der Waals surface area (Å²) < 4.78 is 10.8. The predicted octanol–water partition coefficient (Wildman–Crippen LogP) is 3.83. The third kappa shape index (κ3) is 3.44. The van der Waals surface area contributed by atoms with Crippen molar-refractivity contribution >= 4 is 23.1 Å². The van der Waals surface area contributed by atoms with E-state index < -0.39 is 10.9 Å². The molecule has 1 N–H and O–H groups in total. The van der Waals surface area contributed by atoms with Crippen LogP contribution in [0.1, 0.15) is 47.2 Å². The molecule has 0 saturated carbocycles. The number of nitro groups is 1. The standard InChI is InChI=1S/C18H19N3O5/c1-3-25-18(22)17-11(2)16-14(5-4-6-15(16)26-17)20-19-12-7-9-13(10-8-12)21(23)24/h7-10,19H,3-6H2,1-2H3/b20-14+. The first-order chi connectivity index (χ1) is 12.5. The van der Waals surface area contributed by atoms with Crippen molar-refractivity contribution in [2.24, 2.45) is 5.10 Å². The third-order valence-electron chi connectivity index (χ3n) is 4.18. The molecule has 26 heavy (non-hydrogen) atoms. The van der Waals surface area contributed by atoms with Crippen molar-refractivity contribution in [3.05, 3.63) is 57.0 Å². The van der Waals surface area contributed by atoms with Crippen LogP contribution in [0.25, 0.3) is 0 Å². The van der Waals surface area contributed by atoms with Gasteiger partial charge in [-0.2, -0.15) is 5.10 Å². The number of anilines is 1. The van der Waals surface area contributed by atoms with Crippen molar-refractivity contribution in [2.75, 3.05) is 12.0 Å². The van der Waals surface area contributed by atoms with Crippen LogP contribution in [0, 0.1) is 17.0 Å². The van der Waals surface area contributed by atoms with Crippen molar-refractivity contribution in [3.63, 3.8) is 0 Å². The van der Waals surface area contributed by atoms with Gasteiger partial charge in [0.1, 0.15) is 5.76 Å².